The fraction of sp³-hybridized carbons (Fsp3) is 0.0667. The van der Waals surface area contributed by atoms with Crippen molar-refractivity contribution in [2.45, 2.75) is 6.61 Å². The lowest BCUT2D eigenvalue weighted by molar-refractivity contribution is -0.135. The van der Waals surface area contributed by atoms with Gasteiger partial charge >= 0.3 is 5.97 Å². The summed E-state index contributed by atoms with van der Waals surface area (Å²) in [6, 6.07) is 6.08. The van der Waals surface area contributed by atoms with E-state index >= 15 is 0 Å². The largest absolute Gasteiger partial charge is 0.502 e. The van der Waals surface area contributed by atoms with Crippen molar-refractivity contribution in [3.63, 3.8) is 0 Å². The summed E-state index contributed by atoms with van der Waals surface area (Å²) in [4.78, 5) is 14.3. The van der Waals surface area contributed by atoms with Gasteiger partial charge in [-0.2, -0.15) is 0 Å². The van der Waals surface area contributed by atoms with E-state index < -0.39 is 23.4 Å². The van der Waals surface area contributed by atoms with Crippen LogP contribution >= 0.6 is 0 Å². The quantitative estimate of drug-likeness (QED) is 0.656. The Morgan fingerprint density at radius 1 is 1.23 bits per heavy atom. The molecule has 0 radical (unpaired) electrons. The summed E-state index contributed by atoms with van der Waals surface area (Å²) in [5.74, 6) is -3.37. The Balaban J connectivity index is 2.02. The summed E-state index contributed by atoms with van der Waals surface area (Å²) in [6.45, 7) is -0.108. The number of nitrogens with zero attached hydrogens (tertiary/aromatic N) is 1. The third kappa shape index (κ3) is 4.02. The molecule has 0 amide bonds. The molecule has 7 heteroatoms. The van der Waals surface area contributed by atoms with Crippen LogP contribution in [0.1, 0.15) is 11.3 Å². The van der Waals surface area contributed by atoms with Gasteiger partial charge in [0.1, 0.15) is 24.0 Å². The number of carboxylic acid groups (broad SMARTS) is 1. The summed E-state index contributed by atoms with van der Waals surface area (Å²) >= 11 is 0. The Kier molecular flexibility index (Phi) is 4.67. The van der Waals surface area contributed by atoms with Gasteiger partial charge in [0.05, 0.1) is 11.9 Å². The van der Waals surface area contributed by atoms with Crippen LogP contribution in [0.2, 0.25) is 0 Å². The summed E-state index contributed by atoms with van der Waals surface area (Å²) in [5, 5.41) is 17.6. The number of carboxylic acids is 1. The summed E-state index contributed by atoms with van der Waals surface area (Å²) < 4.78 is 31.5. The first kappa shape index (κ1) is 15.4. The molecule has 0 fully saturated rings. The maximum absolute atomic E-state index is 13.4. The molecule has 0 saturated heterocycles. The zero-order valence-corrected chi connectivity index (χ0v) is 11.2. The van der Waals surface area contributed by atoms with E-state index in [1.165, 1.54) is 24.4 Å². The van der Waals surface area contributed by atoms with Crippen LogP contribution < -0.4 is 4.74 Å². The van der Waals surface area contributed by atoms with E-state index in [2.05, 4.69) is 4.98 Å². The predicted octanol–water partition coefficient (Wildman–Crippen LogP) is 2.92. The van der Waals surface area contributed by atoms with E-state index in [9.17, 15) is 13.6 Å². The van der Waals surface area contributed by atoms with Crippen LogP contribution in [0.25, 0.3) is 6.08 Å². The van der Waals surface area contributed by atoms with Gasteiger partial charge < -0.3 is 14.9 Å². The third-order valence-corrected chi connectivity index (χ3v) is 2.67. The summed E-state index contributed by atoms with van der Waals surface area (Å²) in [7, 11) is 0. The minimum Gasteiger partial charge on any atom is -0.502 e. The molecule has 0 bridgehead atoms. The second kappa shape index (κ2) is 6.66. The highest BCUT2D eigenvalue weighted by molar-refractivity contribution is 5.88. The maximum atomic E-state index is 13.4. The highest BCUT2D eigenvalue weighted by Crippen LogP contribution is 2.15. The Bertz CT molecular complexity index is 714. The molecule has 0 unspecified atom stereocenters. The second-order valence-electron chi connectivity index (χ2n) is 4.28. The number of carbonyl (C=O) groups is 1. The molecule has 114 valence electrons. The van der Waals surface area contributed by atoms with E-state index in [-0.39, 0.29) is 17.9 Å². The van der Waals surface area contributed by atoms with Gasteiger partial charge in [0.2, 0.25) is 5.76 Å². The molecule has 0 aliphatic rings. The van der Waals surface area contributed by atoms with Crippen LogP contribution in [0.15, 0.2) is 42.3 Å². The predicted molar refractivity (Wildman–Crippen MR) is 73.2 cm³/mol. The number of pyridine rings is 1. The molecule has 0 aliphatic heterocycles. The number of aliphatic hydroxyl groups is 1. The zero-order valence-electron chi connectivity index (χ0n) is 11.2. The first-order valence-corrected chi connectivity index (χ1v) is 6.12. The first-order chi connectivity index (χ1) is 10.5. The Labute approximate surface area is 124 Å². The molecule has 0 aliphatic carbocycles. The number of aliphatic hydroxyl groups excluding tert-OH is 1. The monoisotopic (exact) mass is 307 g/mol. The van der Waals surface area contributed by atoms with Crippen LogP contribution in [0.4, 0.5) is 8.78 Å². The van der Waals surface area contributed by atoms with Crippen LogP contribution in [0.5, 0.6) is 5.75 Å². The van der Waals surface area contributed by atoms with E-state index in [0.717, 1.165) is 18.2 Å². The average molecular weight is 307 g/mol. The van der Waals surface area contributed by atoms with E-state index in [0.29, 0.717) is 5.75 Å². The van der Waals surface area contributed by atoms with Crippen LogP contribution in [-0.4, -0.2) is 21.2 Å². The first-order valence-electron chi connectivity index (χ1n) is 6.12. The number of halogens is 2. The van der Waals surface area contributed by atoms with Crippen molar-refractivity contribution in [2.24, 2.45) is 0 Å². The van der Waals surface area contributed by atoms with Gasteiger partial charge in [-0.25, -0.2) is 13.6 Å². The van der Waals surface area contributed by atoms with Crippen molar-refractivity contribution < 1.29 is 28.5 Å². The van der Waals surface area contributed by atoms with E-state index in [1.807, 2.05) is 0 Å². The number of ether oxygens (including phenoxy) is 1. The smallest absolute Gasteiger partial charge is 0.371 e. The number of hydrogen-bond donors (Lipinski definition) is 2. The minimum absolute atomic E-state index is 0.108. The highest BCUT2D eigenvalue weighted by atomic mass is 19.1. The molecule has 5 nitrogen and oxygen atoms in total. The topological polar surface area (TPSA) is 79.7 Å². The fourth-order valence-electron chi connectivity index (χ4n) is 1.56. The van der Waals surface area contributed by atoms with Crippen molar-refractivity contribution in [3.05, 3.63) is 65.2 Å². The van der Waals surface area contributed by atoms with Crippen molar-refractivity contribution >= 4 is 12.0 Å². The van der Waals surface area contributed by atoms with E-state index in [4.69, 9.17) is 14.9 Å². The molecule has 2 aromatic rings. The lowest BCUT2D eigenvalue weighted by Gasteiger charge is -2.07. The molecule has 1 aromatic carbocycles. The molecule has 2 rings (SSSR count). The molecule has 0 atom stereocenters. The molecule has 2 N–H and O–H groups in total. The summed E-state index contributed by atoms with van der Waals surface area (Å²) in [6.07, 6.45) is 2.27. The van der Waals surface area contributed by atoms with Gasteiger partial charge in [0.25, 0.3) is 0 Å². The average Bonchev–Trinajstić information content (AvgIpc) is 2.47. The van der Waals surface area contributed by atoms with Gasteiger partial charge in [-0.1, -0.05) is 0 Å². The van der Waals surface area contributed by atoms with Gasteiger partial charge in [-0.15, -0.1) is 0 Å². The van der Waals surface area contributed by atoms with Crippen molar-refractivity contribution in [1.29, 1.82) is 0 Å². The van der Waals surface area contributed by atoms with Gasteiger partial charge in [0.15, 0.2) is 0 Å². The molecular weight excluding hydrogens is 296 g/mol. The third-order valence-electron chi connectivity index (χ3n) is 2.67. The lowest BCUT2D eigenvalue weighted by Crippen LogP contribution is -2.00. The number of rotatable bonds is 5. The Hall–Kier alpha value is -2.96. The SMILES string of the molecule is O=C(O)C(O)=Cc1ccc(OCc2ccc(F)cc2F)cn1. The number of aromatic nitrogens is 1. The van der Waals surface area contributed by atoms with Crippen molar-refractivity contribution in [2.75, 3.05) is 0 Å². The van der Waals surface area contributed by atoms with Gasteiger partial charge in [-0.05, 0) is 24.3 Å². The number of hydrogen-bond acceptors (Lipinski definition) is 4. The van der Waals surface area contributed by atoms with Gasteiger partial charge in [-0.3, -0.25) is 4.98 Å². The molecule has 1 aromatic heterocycles. The van der Waals surface area contributed by atoms with Crippen LogP contribution in [0, 0.1) is 11.6 Å². The Morgan fingerprint density at radius 3 is 2.59 bits per heavy atom. The van der Waals surface area contributed by atoms with E-state index in [1.54, 1.807) is 0 Å². The number of benzene rings is 1. The van der Waals surface area contributed by atoms with Crippen LogP contribution in [0.3, 0.4) is 0 Å². The highest BCUT2D eigenvalue weighted by Gasteiger charge is 2.06. The molecule has 0 spiro atoms. The zero-order chi connectivity index (χ0) is 16.1. The maximum Gasteiger partial charge on any atom is 0.371 e. The van der Waals surface area contributed by atoms with Crippen molar-refractivity contribution in [1.82, 2.24) is 4.98 Å². The Morgan fingerprint density at radius 2 is 2.00 bits per heavy atom. The lowest BCUT2D eigenvalue weighted by atomic mass is 10.2. The van der Waals surface area contributed by atoms with Crippen molar-refractivity contribution in [3.8, 4) is 5.75 Å². The molecule has 22 heavy (non-hydrogen) atoms. The fourth-order valence-corrected chi connectivity index (χ4v) is 1.56. The normalized spacial score (nSPS) is 11.3. The standard InChI is InChI=1S/C15H11F2NO4/c16-10-2-1-9(13(17)5-10)8-22-12-4-3-11(18-7-12)6-14(19)15(20)21/h1-7,19H,8H2,(H,20,21). The van der Waals surface area contributed by atoms with Crippen LogP contribution in [-0.2, 0) is 11.4 Å². The second-order valence-corrected chi connectivity index (χ2v) is 4.28. The summed E-state index contributed by atoms with van der Waals surface area (Å²) in [5.41, 5.74) is 0.411. The number of aliphatic carboxylic acids is 1. The molecular formula is C15H11F2NO4. The van der Waals surface area contributed by atoms with Gasteiger partial charge in [0, 0.05) is 17.7 Å². The molecule has 0 saturated carbocycles. The molecule has 1 heterocycles. The minimum atomic E-state index is -1.46.